The minimum absolute atomic E-state index is 0.320. The highest BCUT2D eigenvalue weighted by Gasteiger charge is 2.32. The van der Waals surface area contributed by atoms with E-state index >= 15 is 0 Å². The summed E-state index contributed by atoms with van der Waals surface area (Å²) in [6, 6.07) is 9.08. The first-order chi connectivity index (χ1) is 12.1. The quantitative estimate of drug-likeness (QED) is 0.896. The van der Waals surface area contributed by atoms with Crippen molar-refractivity contribution in [2.75, 3.05) is 28.4 Å². The van der Waals surface area contributed by atoms with Crippen LogP contribution in [0.3, 0.4) is 0 Å². The van der Waals surface area contributed by atoms with E-state index in [1.165, 1.54) is 0 Å². The summed E-state index contributed by atoms with van der Waals surface area (Å²) in [5.41, 5.74) is 1.53. The average molecular weight is 346 g/mol. The zero-order valence-electron chi connectivity index (χ0n) is 14.7. The molecule has 2 atom stereocenters. The van der Waals surface area contributed by atoms with Crippen molar-refractivity contribution in [3.05, 3.63) is 41.5 Å². The SMILES string of the molecule is COc1cc(OC)c2c(c1)OC(c1ccc(OC)c(OC)c1)CC2O. The highest BCUT2D eigenvalue weighted by molar-refractivity contribution is 5.53. The van der Waals surface area contributed by atoms with E-state index in [1.54, 1.807) is 40.6 Å². The molecule has 1 aliphatic heterocycles. The van der Waals surface area contributed by atoms with Crippen molar-refractivity contribution in [2.24, 2.45) is 0 Å². The number of methoxy groups -OCH3 is 4. The number of ether oxygens (including phenoxy) is 5. The number of hydrogen-bond donors (Lipinski definition) is 1. The molecule has 0 radical (unpaired) electrons. The Morgan fingerprint density at radius 1 is 0.880 bits per heavy atom. The second-order valence-corrected chi connectivity index (χ2v) is 5.71. The van der Waals surface area contributed by atoms with Crippen LogP contribution in [0, 0.1) is 0 Å². The molecule has 2 aromatic carbocycles. The molecule has 0 aliphatic carbocycles. The number of benzene rings is 2. The maximum absolute atomic E-state index is 10.6. The molecule has 0 amide bonds. The summed E-state index contributed by atoms with van der Waals surface area (Å²) in [6.45, 7) is 0. The summed E-state index contributed by atoms with van der Waals surface area (Å²) in [4.78, 5) is 0. The maximum atomic E-state index is 10.6. The van der Waals surface area contributed by atoms with E-state index < -0.39 is 6.10 Å². The van der Waals surface area contributed by atoms with Crippen molar-refractivity contribution in [3.8, 4) is 28.7 Å². The van der Waals surface area contributed by atoms with Gasteiger partial charge in [0.1, 0.15) is 23.4 Å². The fourth-order valence-corrected chi connectivity index (χ4v) is 3.07. The van der Waals surface area contributed by atoms with Gasteiger partial charge in [0, 0.05) is 18.6 Å². The van der Waals surface area contributed by atoms with Crippen molar-refractivity contribution >= 4 is 0 Å². The van der Waals surface area contributed by atoms with Crippen LogP contribution in [0.2, 0.25) is 0 Å². The largest absolute Gasteiger partial charge is 0.496 e. The number of fused-ring (bicyclic) bond motifs is 1. The average Bonchev–Trinajstić information content (AvgIpc) is 2.65. The van der Waals surface area contributed by atoms with Crippen molar-refractivity contribution in [1.82, 2.24) is 0 Å². The van der Waals surface area contributed by atoms with Crippen LogP contribution in [0.15, 0.2) is 30.3 Å². The summed E-state index contributed by atoms with van der Waals surface area (Å²) < 4.78 is 27.4. The Morgan fingerprint density at radius 3 is 2.24 bits per heavy atom. The van der Waals surface area contributed by atoms with Crippen LogP contribution in [0.1, 0.15) is 29.8 Å². The Hall–Kier alpha value is -2.60. The van der Waals surface area contributed by atoms with Gasteiger partial charge in [0.15, 0.2) is 11.5 Å². The summed E-state index contributed by atoms with van der Waals surface area (Å²) >= 11 is 0. The molecule has 1 N–H and O–H groups in total. The van der Waals surface area contributed by atoms with Gasteiger partial charge < -0.3 is 28.8 Å². The highest BCUT2D eigenvalue weighted by Crippen LogP contribution is 2.47. The molecule has 0 bridgehead atoms. The lowest BCUT2D eigenvalue weighted by Crippen LogP contribution is -2.20. The molecule has 3 rings (SSSR count). The minimum atomic E-state index is -0.706. The molecule has 6 nitrogen and oxygen atoms in total. The molecule has 1 heterocycles. The van der Waals surface area contributed by atoms with Gasteiger partial charge in [-0.25, -0.2) is 0 Å². The molecule has 2 aromatic rings. The minimum Gasteiger partial charge on any atom is -0.496 e. The first-order valence-corrected chi connectivity index (χ1v) is 7.93. The lowest BCUT2D eigenvalue weighted by molar-refractivity contribution is 0.0629. The van der Waals surface area contributed by atoms with Crippen molar-refractivity contribution in [2.45, 2.75) is 18.6 Å². The van der Waals surface area contributed by atoms with E-state index in [1.807, 2.05) is 18.2 Å². The van der Waals surface area contributed by atoms with Crippen LogP contribution in [0.4, 0.5) is 0 Å². The molecule has 1 aliphatic rings. The van der Waals surface area contributed by atoms with Crippen molar-refractivity contribution < 1.29 is 28.8 Å². The number of rotatable bonds is 5. The monoisotopic (exact) mass is 346 g/mol. The molecule has 0 saturated carbocycles. The van der Waals surface area contributed by atoms with Crippen LogP contribution < -0.4 is 23.7 Å². The van der Waals surface area contributed by atoms with Crippen LogP contribution in [-0.2, 0) is 0 Å². The van der Waals surface area contributed by atoms with Gasteiger partial charge in [0.25, 0.3) is 0 Å². The molecule has 6 heteroatoms. The Labute approximate surface area is 146 Å². The zero-order chi connectivity index (χ0) is 18.0. The first kappa shape index (κ1) is 17.2. The van der Waals surface area contributed by atoms with Crippen LogP contribution >= 0.6 is 0 Å². The molecule has 134 valence electrons. The third-order valence-electron chi connectivity index (χ3n) is 4.35. The van der Waals surface area contributed by atoms with Gasteiger partial charge in [0.05, 0.1) is 40.1 Å². The third kappa shape index (κ3) is 3.17. The predicted molar refractivity (Wildman–Crippen MR) is 92.0 cm³/mol. The Morgan fingerprint density at radius 2 is 1.60 bits per heavy atom. The fraction of sp³-hybridized carbons (Fsp3) is 0.368. The van der Waals surface area contributed by atoms with E-state index in [2.05, 4.69) is 0 Å². The standard InChI is InChI=1S/C19H22O6/c1-21-12-8-17(24-4)19-13(20)10-15(25-18(19)9-12)11-5-6-14(22-2)16(7-11)23-3/h5-9,13,15,20H,10H2,1-4H3. The molecule has 0 fully saturated rings. The Bertz CT molecular complexity index is 758. The van der Waals surface area contributed by atoms with E-state index in [4.69, 9.17) is 23.7 Å². The van der Waals surface area contributed by atoms with Crippen molar-refractivity contribution in [1.29, 1.82) is 0 Å². The lowest BCUT2D eigenvalue weighted by Gasteiger charge is -2.31. The van der Waals surface area contributed by atoms with Gasteiger partial charge in [-0.05, 0) is 17.7 Å². The fourth-order valence-electron chi connectivity index (χ4n) is 3.07. The predicted octanol–water partition coefficient (Wildman–Crippen LogP) is 3.28. The normalized spacial score (nSPS) is 18.8. The van der Waals surface area contributed by atoms with Crippen LogP contribution in [0.5, 0.6) is 28.7 Å². The Balaban J connectivity index is 1.98. The second kappa shape index (κ2) is 7.11. The molecular weight excluding hydrogens is 324 g/mol. The van der Waals surface area contributed by atoms with E-state index in [0.29, 0.717) is 40.7 Å². The third-order valence-corrected chi connectivity index (χ3v) is 4.35. The number of aliphatic hydroxyl groups is 1. The van der Waals surface area contributed by atoms with Gasteiger partial charge in [-0.2, -0.15) is 0 Å². The molecule has 0 saturated heterocycles. The van der Waals surface area contributed by atoms with Crippen LogP contribution in [0.25, 0.3) is 0 Å². The Kier molecular flexibility index (Phi) is 4.90. The molecule has 0 spiro atoms. The van der Waals surface area contributed by atoms with Gasteiger partial charge in [-0.15, -0.1) is 0 Å². The van der Waals surface area contributed by atoms with Gasteiger partial charge in [-0.3, -0.25) is 0 Å². The van der Waals surface area contributed by atoms with Gasteiger partial charge >= 0.3 is 0 Å². The highest BCUT2D eigenvalue weighted by atomic mass is 16.5. The topological polar surface area (TPSA) is 66.4 Å². The molecular formula is C19H22O6. The van der Waals surface area contributed by atoms with Crippen LogP contribution in [-0.4, -0.2) is 33.5 Å². The number of aliphatic hydroxyl groups excluding tert-OH is 1. The smallest absolute Gasteiger partial charge is 0.161 e. The zero-order valence-corrected chi connectivity index (χ0v) is 14.7. The molecule has 0 aromatic heterocycles. The van der Waals surface area contributed by atoms with E-state index in [9.17, 15) is 5.11 Å². The summed E-state index contributed by atoms with van der Waals surface area (Å²) in [5.74, 6) is 2.97. The summed E-state index contributed by atoms with van der Waals surface area (Å²) in [6.07, 6.45) is -0.618. The first-order valence-electron chi connectivity index (χ1n) is 7.93. The van der Waals surface area contributed by atoms with E-state index in [0.717, 1.165) is 5.56 Å². The maximum Gasteiger partial charge on any atom is 0.161 e. The lowest BCUT2D eigenvalue weighted by atomic mass is 9.94. The summed E-state index contributed by atoms with van der Waals surface area (Å²) in [5, 5.41) is 10.6. The molecule has 25 heavy (non-hydrogen) atoms. The van der Waals surface area contributed by atoms with Crippen molar-refractivity contribution in [3.63, 3.8) is 0 Å². The van der Waals surface area contributed by atoms with E-state index in [-0.39, 0.29) is 6.10 Å². The molecule has 2 unspecified atom stereocenters. The van der Waals surface area contributed by atoms with Gasteiger partial charge in [0.2, 0.25) is 0 Å². The summed E-state index contributed by atoms with van der Waals surface area (Å²) in [7, 11) is 6.31. The van der Waals surface area contributed by atoms with Gasteiger partial charge in [-0.1, -0.05) is 6.07 Å². The number of hydrogen-bond acceptors (Lipinski definition) is 6. The second-order valence-electron chi connectivity index (χ2n) is 5.71.